The average Bonchev–Trinajstić information content (AvgIpc) is 2.78. The predicted octanol–water partition coefficient (Wildman–Crippen LogP) is 3.27. The van der Waals surface area contributed by atoms with Gasteiger partial charge in [0.2, 0.25) is 0 Å². The molecule has 0 amide bonds. The van der Waals surface area contributed by atoms with E-state index in [0.29, 0.717) is 5.02 Å². The minimum Gasteiger partial charge on any atom is -0.496 e. The van der Waals surface area contributed by atoms with Gasteiger partial charge in [-0.1, -0.05) is 17.7 Å². The fourth-order valence-corrected chi connectivity index (χ4v) is 2.87. The van der Waals surface area contributed by atoms with Crippen LogP contribution in [0.1, 0.15) is 22.0 Å². The third-order valence-electron chi connectivity index (χ3n) is 2.88. The SMILES string of the molecule is COc1cc(Cl)ccc1C(NN)c1ccsc1C. The van der Waals surface area contributed by atoms with Crippen LogP contribution in [0.25, 0.3) is 0 Å². The first-order valence-electron chi connectivity index (χ1n) is 5.51. The summed E-state index contributed by atoms with van der Waals surface area (Å²) in [4.78, 5) is 1.23. The third kappa shape index (κ3) is 2.52. The fourth-order valence-electron chi connectivity index (χ4n) is 1.96. The number of rotatable bonds is 4. The zero-order valence-electron chi connectivity index (χ0n) is 10.2. The summed E-state index contributed by atoms with van der Waals surface area (Å²) in [7, 11) is 1.63. The van der Waals surface area contributed by atoms with Crippen molar-refractivity contribution in [1.29, 1.82) is 0 Å². The van der Waals surface area contributed by atoms with E-state index < -0.39 is 0 Å². The Bertz CT molecular complexity index is 542. The molecule has 0 aliphatic carbocycles. The molecule has 96 valence electrons. The first-order valence-corrected chi connectivity index (χ1v) is 6.76. The molecule has 0 saturated heterocycles. The van der Waals surface area contributed by atoms with Gasteiger partial charge in [0.15, 0.2) is 0 Å². The molecule has 1 atom stereocenters. The number of ether oxygens (including phenoxy) is 1. The predicted molar refractivity (Wildman–Crippen MR) is 76.2 cm³/mol. The Morgan fingerprint density at radius 3 is 2.67 bits per heavy atom. The van der Waals surface area contributed by atoms with E-state index in [1.807, 2.05) is 12.1 Å². The molecule has 1 aromatic carbocycles. The van der Waals surface area contributed by atoms with Gasteiger partial charge in [0, 0.05) is 15.5 Å². The van der Waals surface area contributed by atoms with Crippen LogP contribution in [0.15, 0.2) is 29.6 Å². The molecule has 0 aliphatic heterocycles. The number of hydrogen-bond acceptors (Lipinski definition) is 4. The monoisotopic (exact) mass is 282 g/mol. The summed E-state index contributed by atoms with van der Waals surface area (Å²) in [5, 5.41) is 2.70. The van der Waals surface area contributed by atoms with Crippen LogP contribution in [0.4, 0.5) is 0 Å². The standard InChI is InChI=1S/C13H15ClN2OS/c1-8-10(5-6-18-8)13(16-15)11-4-3-9(14)7-12(11)17-2/h3-7,13,16H,15H2,1-2H3. The van der Waals surface area contributed by atoms with Gasteiger partial charge in [0.1, 0.15) is 5.75 Å². The Balaban J connectivity index is 2.48. The number of nitrogens with one attached hydrogen (secondary N) is 1. The van der Waals surface area contributed by atoms with Crippen molar-refractivity contribution in [3.8, 4) is 5.75 Å². The first kappa shape index (κ1) is 13.4. The normalized spacial score (nSPS) is 12.4. The second-order valence-corrected chi connectivity index (χ2v) is 5.47. The van der Waals surface area contributed by atoms with Crippen LogP contribution in [0.5, 0.6) is 5.75 Å². The van der Waals surface area contributed by atoms with Gasteiger partial charge < -0.3 is 4.74 Å². The van der Waals surface area contributed by atoms with Crippen molar-refractivity contribution in [2.24, 2.45) is 5.84 Å². The van der Waals surface area contributed by atoms with E-state index in [-0.39, 0.29) is 6.04 Å². The molecule has 0 bridgehead atoms. The van der Waals surface area contributed by atoms with Crippen LogP contribution in [0.2, 0.25) is 5.02 Å². The molecule has 5 heteroatoms. The van der Waals surface area contributed by atoms with Crippen LogP contribution < -0.4 is 16.0 Å². The number of nitrogens with two attached hydrogens (primary N) is 1. The van der Waals surface area contributed by atoms with Crippen LogP contribution in [-0.4, -0.2) is 7.11 Å². The Morgan fingerprint density at radius 2 is 2.11 bits per heavy atom. The lowest BCUT2D eigenvalue weighted by molar-refractivity contribution is 0.404. The second kappa shape index (κ2) is 5.71. The zero-order valence-corrected chi connectivity index (χ0v) is 11.8. The van der Waals surface area contributed by atoms with Gasteiger partial charge in [-0.25, -0.2) is 5.43 Å². The summed E-state index contributed by atoms with van der Waals surface area (Å²) in [5.41, 5.74) is 4.97. The molecule has 1 unspecified atom stereocenters. The van der Waals surface area contributed by atoms with E-state index in [4.69, 9.17) is 22.2 Å². The van der Waals surface area contributed by atoms with Crippen molar-refractivity contribution in [2.75, 3.05) is 7.11 Å². The van der Waals surface area contributed by atoms with E-state index >= 15 is 0 Å². The largest absolute Gasteiger partial charge is 0.496 e. The maximum absolute atomic E-state index is 5.97. The summed E-state index contributed by atoms with van der Waals surface area (Å²) in [5.74, 6) is 6.43. The van der Waals surface area contributed by atoms with E-state index in [0.717, 1.165) is 16.9 Å². The highest BCUT2D eigenvalue weighted by molar-refractivity contribution is 7.10. The van der Waals surface area contributed by atoms with E-state index in [2.05, 4.69) is 23.8 Å². The van der Waals surface area contributed by atoms with Crippen molar-refractivity contribution < 1.29 is 4.74 Å². The molecule has 0 fully saturated rings. The molecule has 3 nitrogen and oxygen atoms in total. The highest BCUT2D eigenvalue weighted by Gasteiger charge is 2.19. The van der Waals surface area contributed by atoms with Gasteiger partial charge in [0.05, 0.1) is 13.2 Å². The number of halogens is 1. The van der Waals surface area contributed by atoms with Crippen molar-refractivity contribution in [3.63, 3.8) is 0 Å². The fraction of sp³-hybridized carbons (Fsp3) is 0.231. The van der Waals surface area contributed by atoms with E-state index in [1.54, 1.807) is 24.5 Å². The van der Waals surface area contributed by atoms with Gasteiger partial charge >= 0.3 is 0 Å². The minimum absolute atomic E-state index is 0.0940. The lowest BCUT2D eigenvalue weighted by atomic mass is 9.99. The number of aryl methyl sites for hydroxylation is 1. The summed E-state index contributed by atoms with van der Waals surface area (Å²) in [6.45, 7) is 2.08. The smallest absolute Gasteiger partial charge is 0.125 e. The van der Waals surface area contributed by atoms with Crippen molar-refractivity contribution in [1.82, 2.24) is 5.43 Å². The van der Waals surface area contributed by atoms with E-state index in [9.17, 15) is 0 Å². The highest BCUT2D eigenvalue weighted by atomic mass is 35.5. The Morgan fingerprint density at radius 1 is 1.33 bits per heavy atom. The first-order chi connectivity index (χ1) is 8.67. The topological polar surface area (TPSA) is 47.3 Å². The molecule has 0 saturated carbocycles. The quantitative estimate of drug-likeness (QED) is 0.668. The van der Waals surface area contributed by atoms with Crippen molar-refractivity contribution in [3.05, 3.63) is 50.7 Å². The van der Waals surface area contributed by atoms with Crippen LogP contribution >= 0.6 is 22.9 Å². The number of benzene rings is 1. The Hall–Kier alpha value is -1.07. The average molecular weight is 283 g/mol. The molecule has 0 aliphatic rings. The molecule has 0 spiro atoms. The van der Waals surface area contributed by atoms with Gasteiger partial charge in [-0.15, -0.1) is 11.3 Å². The van der Waals surface area contributed by atoms with Gasteiger partial charge in [-0.05, 0) is 36.1 Å². The lowest BCUT2D eigenvalue weighted by Crippen LogP contribution is -2.29. The number of methoxy groups -OCH3 is 1. The maximum Gasteiger partial charge on any atom is 0.125 e. The molecule has 3 N–H and O–H groups in total. The summed E-state index contributed by atoms with van der Waals surface area (Å²) in [6, 6.07) is 7.54. The van der Waals surface area contributed by atoms with Gasteiger partial charge in [-0.3, -0.25) is 5.84 Å². The minimum atomic E-state index is -0.0940. The molecule has 18 heavy (non-hydrogen) atoms. The second-order valence-electron chi connectivity index (χ2n) is 3.92. The zero-order chi connectivity index (χ0) is 13.1. The number of thiophene rings is 1. The lowest BCUT2D eigenvalue weighted by Gasteiger charge is -2.19. The third-order valence-corrected chi connectivity index (χ3v) is 3.98. The van der Waals surface area contributed by atoms with Crippen LogP contribution in [0, 0.1) is 6.92 Å². The number of hydrogen-bond donors (Lipinski definition) is 2. The Kier molecular flexibility index (Phi) is 4.24. The molecule has 2 aromatic rings. The molecule has 0 radical (unpaired) electrons. The summed E-state index contributed by atoms with van der Waals surface area (Å²) >= 11 is 7.67. The Labute approximate surface area is 116 Å². The summed E-state index contributed by atoms with van der Waals surface area (Å²) in [6.07, 6.45) is 0. The molecule has 2 rings (SSSR count). The molecular formula is C13H15ClN2OS. The van der Waals surface area contributed by atoms with Gasteiger partial charge in [0.25, 0.3) is 0 Å². The molecule has 1 aromatic heterocycles. The van der Waals surface area contributed by atoms with E-state index in [1.165, 1.54) is 4.88 Å². The highest BCUT2D eigenvalue weighted by Crippen LogP contribution is 2.34. The molecule has 1 heterocycles. The molecular weight excluding hydrogens is 268 g/mol. The maximum atomic E-state index is 5.97. The number of hydrazine groups is 1. The summed E-state index contributed by atoms with van der Waals surface area (Å²) < 4.78 is 5.37. The van der Waals surface area contributed by atoms with Gasteiger partial charge in [-0.2, -0.15) is 0 Å². The van der Waals surface area contributed by atoms with Crippen LogP contribution in [-0.2, 0) is 0 Å². The van der Waals surface area contributed by atoms with Crippen LogP contribution in [0.3, 0.4) is 0 Å². The van der Waals surface area contributed by atoms with Crippen molar-refractivity contribution >= 4 is 22.9 Å². The van der Waals surface area contributed by atoms with Crippen molar-refractivity contribution in [2.45, 2.75) is 13.0 Å².